The number of anilines is 1. The number of rotatable bonds is 6. The molecular formula is C22H23N7O3. The van der Waals surface area contributed by atoms with Crippen molar-refractivity contribution in [3.8, 4) is 11.5 Å². The van der Waals surface area contributed by atoms with Gasteiger partial charge < -0.3 is 10.1 Å². The van der Waals surface area contributed by atoms with Crippen LogP contribution in [0.3, 0.4) is 0 Å². The van der Waals surface area contributed by atoms with Crippen LogP contribution >= 0.6 is 0 Å². The Balaban J connectivity index is 1.75. The number of carbonyl (C=O) groups excluding carboxylic acids is 2. The number of hydrogen-bond acceptors (Lipinski definition) is 8. The first-order valence-corrected chi connectivity index (χ1v) is 10.2. The maximum Gasteiger partial charge on any atom is 0.417 e. The molecule has 1 aliphatic heterocycles. The van der Waals surface area contributed by atoms with Crippen LogP contribution in [-0.2, 0) is 16.0 Å². The molecule has 32 heavy (non-hydrogen) atoms. The van der Waals surface area contributed by atoms with Crippen LogP contribution in [0.5, 0.6) is 0 Å². The summed E-state index contributed by atoms with van der Waals surface area (Å²) in [5, 5.41) is 2.72. The third kappa shape index (κ3) is 4.85. The maximum atomic E-state index is 12.5. The van der Waals surface area contributed by atoms with Gasteiger partial charge >= 0.3 is 6.09 Å². The molecule has 0 bridgehead atoms. The summed E-state index contributed by atoms with van der Waals surface area (Å²) in [5.74, 6) is 0.810. The number of pyridine rings is 2. The van der Waals surface area contributed by atoms with Gasteiger partial charge in [0.15, 0.2) is 5.82 Å². The average molecular weight is 433 g/mol. The van der Waals surface area contributed by atoms with Gasteiger partial charge in [-0.05, 0) is 43.7 Å². The van der Waals surface area contributed by atoms with E-state index >= 15 is 0 Å². The summed E-state index contributed by atoms with van der Waals surface area (Å²) >= 11 is 0. The molecule has 4 heterocycles. The van der Waals surface area contributed by atoms with Crippen molar-refractivity contribution in [3.63, 3.8) is 0 Å². The molecule has 1 unspecified atom stereocenters. The molecule has 0 saturated carbocycles. The standard InChI is InChI=1S/C22H23N7O3/c1-13-5-4-6-18(25-13)20-26-19(10-16-7-8-23-14(2)9-16)27-21(28-20)29-17(11-24-15(3)30)12-32-22(29)31/h4-9,17H,10-12H2,1-3H3,(H,24,30). The van der Waals surface area contributed by atoms with Gasteiger partial charge in [-0.15, -0.1) is 0 Å². The van der Waals surface area contributed by atoms with Gasteiger partial charge in [0.2, 0.25) is 11.9 Å². The van der Waals surface area contributed by atoms with E-state index in [-0.39, 0.29) is 25.0 Å². The van der Waals surface area contributed by atoms with Gasteiger partial charge in [-0.2, -0.15) is 9.97 Å². The van der Waals surface area contributed by atoms with Crippen molar-refractivity contribution in [3.05, 3.63) is 59.3 Å². The number of hydrogen-bond donors (Lipinski definition) is 1. The first-order valence-electron chi connectivity index (χ1n) is 10.2. The Morgan fingerprint density at radius 2 is 2.00 bits per heavy atom. The van der Waals surface area contributed by atoms with Crippen LogP contribution in [0.4, 0.5) is 10.7 Å². The fourth-order valence-corrected chi connectivity index (χ4v) is 3.39. The highest BCUT2D eigenvalue weighted by Gasteiger charge is 2.37. The SMILES string of the molecule is CC(=O)NCC1COC(=O)N1c1nc(Cc2ccnc(C)c2)nc(-c2cccc(C)n2)n1. The number of cyclic esters (lactones) is 1. The van der Waals surface area contributed by atoms with E-state index < -0.39 is 12.1 Å². The smallest absolute Gasteiger partial charge is 0.417 e. The highest BCUT2D eigenvalue weighted by Crippen LogP contribution is 2.23. The zero-order valence-electron chi connectivity index (χ0n) is 18.1. The quantitative estimate of drug-likeness (QED) is 0.626. The summed E-state index contributed by atoms with van der Waals surface area (Å²) in [6.07, 6.45) is 1.59. The second kappa shape index (κ2) is 9.04. The largest absolute Gasteiger partial charge is 0.447 e. The van der Waals surface area contributed by atoms with E-state index in [4.69, 9.17) is 4.74 Å². The van der Waals surface area contributed by atoms with Crippen molar-refractivity contribution < 1.29 is 14.3 Å². The summed E-state index contributed by atoms with van der Waals surface area (Å²) in [5.41, 5.74) is 3.26. The zero-order chi connectivity index (χ0) is 22.7. The van der Waals surface area contributed by atoms with Crippen LogP contribution in [0, 0.1) is 13.8 Å². The molecule has 4 rings (SSSR count). The maximum absolute atomic E-state index is 12.5. The van der Waals surface area contributed by atoms with E-state index in [1.165, 1.54) is 11.8 Å². The van der Waals surface area contributed by atoms with E-state index in [0.29, 0.717) is 23.8 Å². The Bertz CT molecular complexity index is 1170. The molecule has 10 heteroatoms. The lowest BCUT2D eigenvalue weighted by Crippen LogP contribution is -2.43. The van der Waals surface area contributed by atoms with Crippen LogP contribution in [0.1, 0.15) is 29.7 Å². The molecular weight excluding hydrogens is 410 g/mol. The summed E-state index contributed by atoms with van der Waals surface area (Å²) in [7, 11) is 0. The molecule has 3 aromatic heterocycles. The highest BCUT2D eigenvalue weighted by molar-refractivity contribution is 5.88. The minimum absolute atomic E-state index is 0.127. The Morgan fingerprint density at radius 1 is 1.16 bits per heavy atom. The van der Waals surface area contributed by atoms with E-state index in [1.807, 2.05) is 44.2 Å². The minimum atomic E-state index is -0.569. The third-order valence-electron chi connectivity index (χ3n) is 4.87. The predicted molar refractivity (Wildman–Crippen MR) is 116 cm³/mol. The fraction of sp³-hybridized carbons (Fsp3) is 0.318. The van der Waals surface area contributed by atoms with Crippen LogP contribution in [0.2, 0.25) is 0 Å². The predicted octanol–water partition coefficient (Wildman–Crippen LogP) is 2.00. The number of aryl methyl sites for hydroxylation is 2. The topological polar surface area (TPSA) is 123 Å². The van der Waals surface area contributed by atoms with Gasteiger partial charge in [0.05, 0.1) is 6.04 Å². The van der Waals surface area contributed by atoms with Crippen LogP contribution in [0.25, 0.3) is 11.5 Å². The van der Waals surface area contributed by atoms with Gasteiger partial charge in [-0.1, -0.05) is 6.07 Å². The molecule has 1 saturated heterocycles. The van der Waals surface area contributed by atoms with Gasteiger partial charge in [0, 0.05) is 37.5 Å². The zero-order valence-corrected chi connectivity index (χ0v) is 18.1. The molecule has 10 nitrogen and oxygen atoms in total. The van der Waals surface area contributed by atoms with E-state index in [9.17, 15) is 9.59 Å². The lowest BCUT2D eigenvalue weighted by atomic mass is 10.1. The minimum Gasteiger partial charge on any atom is -0.447 e. The van der Waals surface area contributed by atoms with Crippen molar-refractivity contribution in [2.75, 3.05) is 18.1 Å². The van der Waals surface area contributed by atoms with Crippen LogP contribution < -0.4 is 10.2 Å². The summed E-state index contributed by atoms with van der Waals surface area (Å²) < 4.78 is 5.21. The second-order valence-electron chi connectivity index (χ2n) is 7.56. The van der Waals surface area contributed by atoms with Crippen molar-refractivity contribution in [1.29, 1.82) is 0 Å². The first kappa shape index (κ1) is 21.3. The van der Waals surface area contributed by atoms with Gasteiger partial charge in [-0.3, -0.25) is 9.78 Å². The number of nitrogens with one attached hydrogen (secondary N) is 1. The van der Waals surface area contributed by atoms with Gasteiger partial charge in [-0.25, -0.2) is 19.7 Å². The molecule has 1 aliphatic rings. The Kier molecular flexibility index (Phi) is 6.02. The molecule has 0 aromatic carbocycles. The van der Waals surface area contributed by atoms with E-state index in [2.05, 4.69) is 30.2 Å². The number of carbonyl (C=O) groups is 2. The fourth-order valence-electron chi connectivity index (χ4n) is 3.39. The normalized spacial score (nSPS) is 15.5. The number of nitrogens with zero attached hydrogens (tertiary/aromatic N) is 6. The Labute approximate surface area is 185 Å². The van der Waals surface area contributed by atoms with Gasteiger partial charge in [0.25, 0.3) is 0 Å². The monoisotopic (exact) mass is 433 g/mol. The Morgan fingerprint density at radius 3 is 2.75 bits per heavy atom. The molecule has 164 valence electrons. The Hall–Kier alpha value is -3.95. The molecule has 1 N–H and O–H groups in total. The first-order chi connectivity index (χ1) is 15.4. The highest BCUT2D eigenvalue weighted by atomic mass is 16.6. The molecule has 3 aromatic rings. The molecule has 2 amide bonds. The lowest BCUT2D eigenvalue weighted by Gasteiger charge is -2.20. The number of aromatic nitrogens is 5. The number of ether oxygens (including phenoxy) is 1. The average Bonchev–Trinajstić information content (AvgIpc) is 3.12. The van der Waals surface area contributed by atoms with Crippen LogP contribution in [-0.4, -0.2) is 56.1 Å². The van der Waals surface area contributed by atoms with Crippen molar-refractivity contribution in [2.45, 2.75) is 33.2 Å². The van der Waals surface area contributed by atoms with Crippen molar-refractivity contribution in [1.82, 2.24) is 30.2 Å². The molecule has 1 fully saturated rings. The summed E-state index contributed by atoms with van der Waals surface area (Å²) in [6, 6.07) is 8.99. The molecule has 0 aliphatic carbocycles. The molecule has 1 atom stereocenters. The second-order valence-corrected chi connectivity index (χ2v) is 7.56. The van der Waals surface area contributed by atoms with Gasteiger partial charge in [0.1, 0.15) is 18.1 Å². The van der Waals surface area contributed by atoms with Crippen LogP contribution in [0.15, 0.2) is 36.5 Å². The molecule has 0 spiro atoms. The third-order valence-corrected chi connectivity index (χ3v) is 4.87. The molecule has 0 radical (unpaired) electrons. The van der Waals surface area contributed by atoms with Crippen molar-refractivity contribution in [2.24, 2.45) is 0 Å². The summed E-state index contributed by atoms with van der Waals surface area (Å²) in [4.78, 5) is 47.7. The van der Waals surface area contributed by atoms with E-state index in [0.717, 1.165) is 17.0 Å². The van der Waals surface area contributed by atoms with E-state index in [1.54, 1.807) is 6.20 Å². The lowest BCUT2D eigenvalue weighted by molar-refractivity contribution is -0.119. The summed E-state index contributed by atoms with van der Waals surface area (Å²) in [6.45, 7) is 5.57. The number of amides is 2. The van der Waals surface area contributed by atoms with Crippen molar-refractivity contribution >= 4 is 17.9 Å².